The molecule has 0 saturated heterocycles. The van der Waals surface area contributed by atoms with E-state index in [1.165, 1.54) is 24.3 Å². The topological polar surface area (TPSA) is 229 Å². The standard InChI is InChI=1S/C26H27N3O10/c27-26(28)29-16-5-6-17-14(10-16)2-1-9-38-23-19(39-25(17)37)7-3-13(4-8-20(31)32)22(23)18(30)11-15(24(35)36)12-21(33)34/h3,5-7,10,15H,1-2,4,8-9,11-12H2,(H,31,32)(H,33,34)(H,35,36)(H4,27,28,29)/t15-/m0/s1. The molecule has 0 fully saturated rings. The first-order valence-electron chi connectivity index (χ1n) is 11.9. The third-order valence-electron chi connectivity index (χ3n) is 5.90. The predicted molar refractivity (Wildman–Crippen MR) is 135 cm³/mol. The molecule has 0 aromatic heterocycles. The van der Waals surface area contributed by atoms with E-state index >= 15 is 0 Å². The molecule has 1 aliphatic rings. The number of aliphatic imine (C=N–C) groups is 1. The van der Waals surface area contributed by atoms with Crippen LogP contribution in [-0.2, 0) is 27.2 Å². The van der Waals surface area contributed by atoms with E-state index in [1.807, 2.05) is 0 Å². The zero-order chi connectivity index (χ0) is 28.7. The Morgan fingerprint density at radius 2 is 1.74 bits per heavy atom. The number of carbonyl (C=O) groups is 5. The van der Waals surface area contributed by atoms with E-state index in [0.717, 1.165) is 0 Å². The summed E-state index contributed by atoms with van der Waals surface area (Å²) in [5, 5.41) is 27.7. The highest BCUT2D eigenvalue weighted by molar-refractivity contribution is 6.03. The lowest BCUT2D eigenvalue weighted by Crippen LogP contribution is -2.23. The highest BCUT2D eigenvalue weighted by atomic mass is 16.6. The van der Waals surface area contributed by atoms with E-state index < -0.39 is 48.4 Å². The summed E-state index contributed by atoms with van der Waals surface area (Å²) in [6.45, 7) is 0.0522. The fourth-order valence-corrected chi connectivity index (χ4v) is 4.16. The maximum atomic E-state index is 13.4. The van der Waals surface area contributed by atoms with Crippen molar-refractivity contribution in [1.82, 2.24) is 0 Å². The molecule has 0 bridgehead atoms. The summed E-state index contributed by atoms with van der Waals surface area (Å²) in [6.07, 6.45) is -1.19. The zero-order valence-corrected chi connectivity index (χ0v) is 20.7. The molecule has 0 unspecified atom stereocenters. The molecule has 1 heterocycles. The van der Waals surface area contributed by atoms with Crippen molar-refractivity contribution in [2.45, 2.75) is 38.5 Å². The number of ketones is 1. The van der Waals surface area contributed by atoms with Gasteiger partial charge in [0.15, 0.2) is 23.2 Å². The second-order valence-corrected chi connectivity index (χ2v) is 8.80. The number of guanidine groups is 1. The molecule has 7 N–H and O–H groups in total. The third-order valence-corrected chi connectivity index (χ3v) is 5.90. The van der Waals surface area contributed by atoms with E-state index in [0.29, 0.717) is 24.1 Å². The first-order chi connectivity index (χ1) is 18.5. The summed E-state index contributed by atoms with van der Waals surface area (Å²) in [7, 11) is 0. The molecule has 0 amide bonds. The fraction of sp³-hybridized carbons (Fsp3) is 0.308. The summed E-state index contributed by atoms with van der Waals surface area (Å²) in [6, 6.07) is 7.42. The number of nitrogens with zero attached hydrogens (tertiary/aromatic N) is 1. The number of hydrogen-bond acceptors (Lipinski definition) is 8. The van der Waals surface area contributed by atoms with Crippen molar-refractivity contribution in [2.24, 2.45) is 22.4 Å². The van der Waals surface area contributed by atoms with Crippen molar-refractivity contribution in [2.75, 3.05) is 6.61 Å². The van der Waals surface area contributed by atoms with Crippen LogP contribution in [0.15, 0.2) is 35.3 Å². The van der Waals surface area contributed by atoms with Gasteiger partial charge in [0.05, 0.1) is 35.8 Å². The van der Waals surface area contributed by atoms with Crippen LogP contribution in [0.5, 0.6) is 11.5 Å². The number of carboxylic acids is 3. The molecule has 206 valence electrons. The molecule has 2 aromatic rings. The van der Waals surface area contributed by atoms with Crippen LogP contribution in [0.25, 0.3) is 0 Å². The van der Waals surface area contributed by atoms with Crippen molar-refractivity contribution in [3.8, 4) is 11.5 Å². The number of Topliss-reactive ketones (excluding diaryl/α,β-unsaturated/α-hetero) is 1. The minimum absolute atomic E-state index is 0.0522. The van der Waals surface area contributed by atoms with Gasteiger partial charge in [-0.05, 0) is 54.7 Å². The number of esters is 1. The summed E-state index contributed by atoms with van der Waals surface area (Å²) in [5.74, 6) is -7.52. The molecule has 0 spiro atoms. The normalized spacial score (nSPS) is 13.5. The Kier molecular flexibility index (Phi) is 9.20. The summed E-state index contributed by atoms with van der Waals surface area (Å²) < 4.78 is 11.4. The Hall–Kier alpha value is -4.94. The van der Waals surface area contributed by atoms with Gasteiger partial charge < -0.3 is 36.3 Å². The second-order valence-electron chi connectivity index (χ2n) is 8.80. The number of rotatable bonds is 10. The van der Waals surface area contributed by atoms with Crippen LogP contribution < -0.4 is 20.9 Å². The molecule has 0 radical (unpaired) electrons. The quantitative estimate of drug-likeness (QED) is 0.0954. The highest BCUT2D eigenvalue weighted by Crippen LogP contribution is 2.38. The summed E-state index contributed by atoms with van der Waals surface area (Å²) in [4.78, 5) is 64.4. The number of ether oxygens (including phenoxy) is 2. The van der Waals surface area contributed by atoms with Crippen LogP contribution in [-0.4, -0.2) is 57.5 Å². The minimum Gasteiger partial charge on any atom is -0.489 e. The van der Waals surface area contributed by atoms with Crippen molar-refractivity contribution < 1.29 is 48.8 Å². The van der Waals surface area contributed by atoms with Crippen LogP contribution in [0.2, 0.25) is 0 Å². The van der Waals surface area contributed by atoms with Gasteiger partial charge in [-0.1, -0.05) is 6.07 Å². The minimum atomic E-state index is -1.54. The number of carbonyl (C=O) groups excluding carboxylic acids is 2. The fourth-order valence-electron chi connectivity index (χ4n) is 4.16. The number of hydrogen-bond donors (Lipinski definition) is 5. The number of nitrogens with two attached hydrogens (primary N) is 2. The molecule has 39 heavy (non-hydrogen) atoms. The van der Waals surface area contributed by atoms with Crippen molar-refractivity contribution >= 4 is 41.3 Å². The predicted octanol–water partition coefficient (Wildman–Crippen LogP) is 1.90. The van der Waals surface area contributed by atoms with Crippen molar-refractivity contribution in [1.29, 1.82) is 0 Å². The Balaban J connectivity index is 2.06. The lowest BCUT2D eigenvalue weighted by Gasteiger charge is -2.21. The monoisotopic (exact) mass is 541 g/mol. The third kappa shape index (κ3) is 7.53. The summed E-state index contributed by atoms with van der Waals surface area (Å²) >= 11 is 0. The molecule has 1 atom stereocenters. The molecular weight excluding hydrogens is 514 g/mol. The Labute approximate surface area is 222 Å². The first kappa shape index (κ1) is 28.6. The number of benzene rings is 2. The number of fused-ring (bicyclic) bond motifs is 2. The van der Waals surface area contributed by atoms with Crippen LogP contribution in [0, 0.1) is 5.92 Å². The van der Waals surface area contributed by atoms with Gasteiger partial charge in [0.1, 0.15) is 0 Å². The van der Waals surface area contributed by atoms with Gasteiger partial charge in [0.2, 0.25) is 0 Å². The molecule has 0 saturated carbocycles. The van der Waals surface area contributed by atoms with Gasteiger partial charge in [-0.2, -0.15) is 0 Å². The Morgan fingerprint density at radius 1 is 1.00 bits per heavy atom. The van der Waals surface area contributed by atoms with Crippen LogP contribution >= 0.6 is 0 Å². The lowest BCUT2D eigenvalue weighted by atomic mass is 9.91. The van der Waals surface area contributed by atoms with Crippen LogP contribution in [0.3, 0.4) is 0 Å². The first-order valence-corrected chi connectivity index (χ1v) is 11.9. The average Bonchev–Trinajstić information content (AvgIpc) is 2.84. The molecule has 1 aliphatic heterocycles. The summed E-state index contributed by atoms with van der Waals surface area (Å²) in [5.41, 5.74) is 12.2. The van der Waals surface area contributed by atoms with Crippen LogP contribution in [0.4, 0.5) is 5.69 Å². The maximum absolute atomic E-state index is 13.4. The number of carboxylic acid groups (broad SMARTS) is 3. The average molecular weight is 542 g/mol. The van der Waals surface area contributed by atoms with Gasteiger partial charge in [-0.25, -0.2) is 9.79 Å². The Morgan fingerprint density at radius 3 is 2.38 bits per heavy atom. The molecular formula is C26H27N3O10. The molecule has 13 heteroatoms. The van der Waals surface area contributed by atoms with Gasteiger partial charge in [-0.3, -0.25) is 19.2 Å². The largest absolute Gasteiger partial charge is 0.489 e. The number of aliphatic carboxylic acids is 3. The SMILES string of the molecule is NC(N)=Nc1ccc2c(c1)CCCOc1c(ccc(CCC(=O)O)c1C(=O)C[C@@H](CC(=O)O)C(=O)O)OC2=O. The van der Waals surface area contributed by atoms with Gasteiger partial charge in [-0.15, -0.1) is 0 Å². The van der Waals surface area contributed by atoms with Crippen molar-refractivity contribution in [3.63, 3.8) is 0 Å². The van der Waals surface area contributed by atoms with E-state index in [9.17, 15) is 29.1 Å². The molecule has 2 aromatic carbocycles. The maximum Gasteiger partial charge on any atom is 0.343 e. The van der Waals surface area contributed by atoms with Crippen molar-refractivity contribution in [3.05, 3.63) is 52.6 Å². The van der Waals surface area contributed by atoms with Gasteiger partial charge >= 0.3 is 23.9 Å². The van der Waals surface area contributed by atoms with Gasteiger partial charge in [0, 0.05) is 12.8 Å². The van der Waals surface area contributed by atoms with E-state index in [4.69, 9.17) is 31.2 Å². The Bertz CT molecular complexity index is 1350. The molecule has 13 nitrogen and oxygen atoms in total. The molecule has 3 rings (SSSR count). The smallest absolute Gasteiger partial charge is 0.343 e. The van der Waals surface area contributed by atoms with E-state index in [-0.39, 0.29) is 53.6 Å². The van der Waals surface area contributed by atoms with E-state index in [1.54, 1.807) is 6.07 Å². The van der Waals surface area contributed by atoms with Crippen LogP contribution in [0.1, 0.15) is 57.5 Å². The second kappa shape index (κ2) is 12.5. The highest BCUT2D eigenvalue weighted by Gasteiger charge is 2.30. The number of aryl methyl sites for hydroxylation is 2. The molecule has 0 aliphatic carbocycles. The lowest BCUT2D eigenvalue weighted by molar-refractivity contribution is -0.148. The zero-order valence-electron chi connectivity index (χ0n) is 20.7. The van der Waals surface area contributed by atoms with Gasteiger partial charge in [0.25, 0.3) is 0 Å². The van der Waals surface area contributed by atoms with E-state index in [2.05, 4.69) is 4.99 Å².